The lowest BCUT2D eigenvalue weighted by molar-refractivity contribution is 0.0246. The van der Waals surface area contributed by atoms with E-state index < -0.39 is 5.60 Å². The maximum absolute atomic E-state index is 10.5. The van der Waals surface area contributed by atoms with Crippen LogP contribution >= 0.6 is 0 Å². The molecule has 2 N–H and O–H groups in total. The molecule has 2 unspecified atom stereocenters. The summed E-state index contributed by atoms with van der Waals surface area (Å²) in [4.78, 5) is 0. The van der Waals surface area contributed by atoms with Gasteiger partial charge >= 0.3 is 0 Å². The van der Waals surface area contributed by atoms with E-state index in [0.29, 0.717) is 0 Å². The highest BCUT2D eigenvalue weighted by molar-refractivity contribution is 4.84. The third-order valence-electron chi connectivity index (χ3n) is 4.72. The van der Waals surface area contributed by atoms with Crippen LogP contribution in [0.4, 0.5) is 0 Å². The second kappa shape index (κ2) is 6.19. The number of aliphatic hydroxyl groups is 1. The molecule has 2 rings (SSSR count). The molecule has 2 atom stereocenters. The minimum Gasteiger partial charge on any atom is -0.389 e. The zero-order valence-electron chi connectivity index (χ0n) is 11.4. The van der Waals surface area contributed by atoms with Gasteiger partial charge in [0.25, 0.3) is 0 Å². The first-order chi connectivity index (χ1) is 8.18. The van der Waals surface area contributed by atoms with Crippen LogP contribution in [-0.4, -0.2) is 23.8 Å². The molecule has 0 aromatic heterocycles. The summed E-state index contributed by atoms with van der Waals surface area (Å²) >= 11 is 0. The van der Waals surface area contributed by atoms with E-state index in [1.807, 2.05) is 0 Å². The van der Waals surface area contributed by atoms with Gasteiger partial charge in [0.2, 0.25) is 0 Å². The Hall–Kier alpha value is -0.0800. The molecule has 2 aliphatic rings. The molecule has 0 spiro atoms. The molecular formula is C15H29NO. The Morgan fingerprint density at radius 2 is 1.82 bits per heavy atom. The molecule has 0 saturated heterocycles. The molecule has 2 aliphatic carbocycles. The molecule has 0 aliphatic heterocycles. The first kappa shape index (κ1) is 13.4. The summed E-state index contributed by atoms with van der Waals surface area (Å²) in [5.41, 5.74) is -0.402. The third-order valence-corrected chi connectivity index (χ3v) is 4.72. The van der Waals surface area contributed by atoms with Gasteiger partial charge in [0, 0.05) is 6.54 Å². The lowest BCUT2D eigenvalue weighted by Crippen LogP contribution is -2.41. The van der Waals surface area contributed by atoms with Gasteiger partial charge in [-0.3, -0.25) is 0 Å². The van der Waals surface area contributed by atoms with Gasteiger partial charge in [0.1, 0.15) is 0 Å². The highest BCUT2D eigenvalue weighted by atomic mass is 16.3. The van der Waals surface area contributed by atoms with Gasteiger partial charge in [0.15, 0.2) is 0 Å². The second-order valence-corrected chi connectivity index (χ2v) is 6.55. The minimum atomic E-state index is -0.402. The molecule has 2 heteroatoms. The fourth-order valence-electron chi connectivity index (χ4n) is 3.58. The predicted octanol–water partition coefficient (Wildman–Crippen LogP) is 3.10. The fourth-order valence-corrected chi connectivity index (χ4v) is 3.58. The van der Waals surface area contributed by atoms with E-state index in [0.717, 1.165) is 37.8 Å². The zero-order valence-corrected chi connectivity index (χ0v) is 11.4. The molecular weight excluding hydrogens is 210 g/mol. The molecule has 17 heavy (non-hydrogen) atoms. The molecule has 0 heterocycles. The summed E-state index contributed by atoms with van der Waals surface area (Å²) in [6.07, 6.45) is 11.2. The van der Waals surface area contributed by atoms with Gasteiger partial charge in [-0.25, -0.2) is 0 Å². The fraction of sp³-hybridized carbons (Fsp3) is 1.00. The summed E-state index contributed by atoms with van der Waals surface area (Å²) < 4.78 is 0. The van der Waals surface area contributed by atoms with Gasteiger partial charge in [-0.1, -0.05) is 39.0 Å². The van der Waals surface area contributed by atoms with Crippen molar-refractivity contribution in [3.05, 3.63) is 0 Å². The molecule has 2 nitrogen and oxygen atoms in total. The van der Waals surface area contributed by atoms with Crippen molar-refractivity contribution in [2.45, 2.75) is 70.3 Å². The van der Waals surface area contributed by atoms with Crippen LogP contribution in [0.3, 0.4) is 0 Å². The normalized spacial score (nSPS) is 33.5. The van der Waals surface area contributed by atoms with E-state index in [1.165, 1.54) is 44.9 Å². The lowest BCUT2D eigenvalue weighted by atomic mass is 9.94. The van der Waals surface area contributed by atoms with Crippen LogP contribution in [0.5, 0.6) is 0 Å². The van der Waals surface area contributed by atoms with Crippen molar-refractivity contribution in [2.24, 2.45) is 11.8 Å². The van der Waals surface area contributed by atoms with Crippen LogP contribution in [-0.2, 0) is 0 Å². The van der Waals surface area contributed by atoms with E-state index >= 15 is 0 Å². The molecule has 0 aromatic carbocycles. The van der Waals surface area contributed by atoms with Crippen molar-refractivity contribution in [1.29, 1.82) is 0 Å². The molecule has 0 aromatic rings. The highest BCUT2D eigenvalue weighted by Crippen LogP contribution is 2.30. The Labute approximate surface area is 106 Å². The van der Waals surface area contributed by atoms with Gasteiger partial charge in [-0.2, -0.15) is 0 Å². The molecule has 2 fully saturated rings. The largest absolute Gasteiger partial charge is 0.389 e. The Balaban J connectivity index is 1.66. The van der Waals surface area contributed by atoms with Crippen molar-refractivity contribution in [3.63, 3.8) is 0 Å². The number of hydrogen-bond acceptors (Lipinski definition) is 2. The Kier molecular flexibility index (Phi) is 4.87. The Morgan fingerprint density at radius 1 is 1.12 bits per heavy atom. The van der Waals surface area contributed by atoms with Crippen molar-refractivity contribution < 1.29 is 5.11 Å². The van der Waals surface area contributed by atoms with Crippen LogP contribution in [0.1, 0.15) is 64.7 Å². The van der Waals surface area contributed by atoms with Crippen LogP contribution in [0, 0.1) is 11.8 Å². The van der Waals surface area contributed by atoms with Gasteiger partial charge in [0.05, 0.1) is 5.60 Å². The van der Waals surface area contributed by atoms with Crippen molar-refractivity contribution in [2.75, 3.05) is 13.1 Å². The summed E-state index contributed by atoms with van der Waals surface area (Å²) in [5, 5.41) is 14.1. The quantitative estimate of drug-likeness (QED) is 0.739. The van der Waals surface area contributed by atoms with Crippen LogP contribution in [0.2, 0.25) is 0 Å². The summed E-state index contributed by atoms with van der Waals surface area (Å²) in [6, 6.07) is 0. The molecule has 2 saturated carbocycles. The zero-order chi connectivity index (χ0) is 12.1. The van der Waals surface area contributed by atoms with Crippen molar-refractivity contribution in [1.82, 2.24) is 5.32 Å². The summed E-state index contributed by atoms with van der Waals surface area (Å²) in [5.74, 6) is 1.78. The summed E-state index contributed by atoms with van der Waals surface area (Å²) in [6.45, 7) is 4.30. The van der Waals surface area contributed by atoms with Crippen molar-refractivity contribution in [3.8, 4) is 0 Å². The monoisotopic (exact) mass is 239 g/mol. The molecule has 0 radical (unpaired) electrons. The average Bonchev–Trinajstić information content (AvgIpc) is 2.58. The van der Waals surface area contributed by atoms with Gasteiger partial charge in [-0.15, -0.1) is 0 Å². The molecule has 0 bridgehead atoms. The van der Waals surface area contributed by atoms with Crippen molar-refractivity contribution >= 4 is 0 Å². The molecule has 100 valence electrons. The Morgan fingerprint density at radius 3 is 2.41 bits per heavy atom. The van der Waals surface area contributed by atoms with Gasteiger partial charge < -0.3 is 10.4 Å². The summed E-state index contributed by atoms with van der Waals surface area (Å²) in [7, 11) is 0. The topological polar surface area (TPSA) is 32.3 Å². The van der Waals surface area contributed by atoms with E-state index in [-0.39, 0.29) is 0 Å². The second-order valence-electron chi connectivity index (χ2n) is 6.55. The highest BCUT2D eigenvalue weighted by Gasteiger charge is 2.28. The standard InChI is InChI=1S/C15H29NO/c1-13-6-7-14(10-13)11-16-12-15(17)8-4-2-3-5-9-15/h13-14,16-17H,2-12H2,1H3. The van der Waals surface area contributed by atoms with E-state index in [4.69, 9.17) is 0 Å². The van der Waals surface area contributed by atoms with Crippen LogP contribution in [0.15, 0.2) is 0 Å². The maximum Gasteiger partial charge on any atom is 0.0771 e. The average molecular weight is 239 g/mol. The Bertz CT molecular complexity index is 221. The van der Waals surface area contributed by atoms with E-state index in [1.54, 1.807) is 0 Å². The van der Waals surface area contributed by atoms with Gasteiger partial charge in [-0.05, 0) is 44.1 Å². The minimum absolute atomic E-state index is 0.402. The lowest BCUT2D eigenvalue weighted by Gasteiger charge is -2.27. The van der Waals surface area contributed by atoms with E-state index in [2.05, 4.69) is 12.2 Å². The number of rotatable bonds is 4. The SMILES string of the molecule is CC1CCC(CNCC2(O)CCCCCC2)C1. The van der Waals surface area contributed by atoms with Crippen LogP contribution in [0.25, 0.3) is 0 Å². The number of hydrogen-bond donors (Lipinski definition) is 2. The predicted molar refractivity (Wildman–Crippen MR) is 72.0 cm³/mol. The van der Waals surface area contributed by atoms with Crippen LogP contribution < -0.4 is 5.32 Å². The number of nitrogens with one attached hydrogen (secondary N) is 1. The maximum atomic E-state index is 10.5. The smallest absolute Gasteiger partial charge is 0.0771 e. The third kappa shape index (κ3) is 4.26. The molecule has 0 amide bonds. The van der Waals surface area contributed by atoms with E-state index in [9.17, 15) is 5.11 Å². The first-order valence-corrected chi connectivity index (χ1v) is 7.61. The first-order valence-electron chi connectivity index (χ1n) is 7.61.